The van der Waals surface area contributed by atoms with E-state index in [9.17, 15) is 0 Å². The van der Waals surface area contributed by atoms with Crippen molar-refractivity contribution in [2.75, 3.05) is 13.7 Å². The molecule has 1 rings (SSSR count). The van der Waals surface area contributed by atoms with Crippen LogP contribution in [0.5, 0.6) is 5.75 Å². The first-order valence-electron chi connectivity index (χ1n) is 4.84. The van der Waals surface area contributed by atoms with E-state index in [4.69, 9.17) is 4.74 Å². The highest BCUT2D eigenvalue weighted by atomic mass is 79.9. The minimum Gasteiger partial charge on any atom is -0.496 e. The van der Waals surface area contributed by atoms with Gasteiger partial charge in [0.25, 0.3) is 0 Å². The van der Waals surface area contributed by atoms with Gasteiger partial charge < -0.3 is 10.1 Å². The topological polar surface area (TPSA) is 21.3 Å². The Bertz CT molecular complexity index is 338. The normalized spacial score (nSPS) is 12.2. The molecule has 0 aliphatic heterocycles. The van der Waals surface area contributed by atoms with Crippen LogP contribution in [0.2, 0.25) is 0 Å². The van der Waals surface area contributed by atoms with E-state index < -0.39 is 0 Å². The molecular weight excluding hydrogens is 254 g/mol. The van der Waals surface area contributed by atoms with E-state index >= 15 is 0 Å². The average molecular weight is 270 g/mol. The maximum atomic E-state index is 5.30. The largest absolute Gasteiger partial charge is 0.496 e. The Hall–Kier alpha value is -0.800. The second-order valence-electron chi connectivity index (χ2n) is 3.36. The van der Waals surface area contributed by atoms with Gasteiger partial charge >= 0.3 is 0 Å². The average Bonchev–Trinajstić information content (AvgIpc) is 2.25. The molecular formula is C12H16BrNO. The van der Waals surface area contributed by atoms with Crippen LogP contribution in [0, 0.1) is 0 Å². The molecule has 82 valence electrons. The maximum Gasteiger partial charge on any atom is 0.123 e. The Kier molecular flexibility index (Phi) is 4.85. The molecule has 0 fully saturated rings. The van der Waals surface area contributed by atoms with Gasteiger partial charge in [0.15, 0.2) is 0 Å². The first kappa shape index (κ1) is 12.3. The molecule has 0 aliphatic carbocycles. The zero-order chi connectivity index (χ0) is 11.3. The fraction of sp³-hybridized carbons (Fsp3) is 0.333. The highest BCUT2D eigenvalue weighted by Gasteiger charge is 2.09. The first-order chi connectivity index (χ1) is 7.15. The molecule has 2 nitrogen and oxygen atoms in total. The molecule has 0 aromatic heterocycles. The molecule has 0 heterocycles. The lowest BCUT2D eigenvalue weighted by Crippen LogP contribution is -2.20. The number of nitrogens with one attached hydrogen (secondary N) is 1. The van der Waals surface area contributed by atoms with E-state index in [2.05, 4.69) is 40.8 Å². The molecule has 3 heteroatoms. The molecule has 0 spiro atoms. The molecule has 0 saturated carbocycles. The SMILES string of the molecule is C=C(Br)CN[C@H](C)c1ccccc1OC. The lowest BCUT2D eigenvalue weighted by Gasteiger charge is -2.16. The van der Waals surface area contributed by atoms with Crippen molar-refractivity contribution >= 4 is 15.9 Å². The van der Waals surface area contributed by atoms with Crippen molar-refractivity contribution in [3.05, 3.63) is 40.9 Å². The van der Waals surface area contributed by atoms with Crippen LogP contribution in [0.3, 0.4) is 0 Å². The third-order valence-electron chi connectivity index (χ3n) is 2.21. The van der Waals surface area contributed by atoms with Gasteiger partial charge in [-0.3, -0.25) is 0 Å². The van der Waals surface area contributed by atoms with E-state index in [0.717, 1.165) is 22.3 Å². The predicted molar refractivity (Wildman–Crippen MR) is 67.5 cm³/mol. The minimum absolute atomic E-state index is 0.246. The minimum atomic E-state index is 0.246. The standard InChI is InChI=1S/C12H16BrNO/c1-9(13)8-14-10(2)11-6-4-5-7-12(11)15-3/h4-7,10,14H,1,8H2,2-3H3/t10-/m1/s1. The van der Waals surface area contributed by atoms with Crippen LogP contribution >= 0.6 is 15.9 Å². The number of methoxy groups -OCH3 is 1. The fourth-order valence-corrected chi connectivity index (χ4v) is 1.56. The van der Waals surface area contributed by atoms with Crippen LogP contribution in [0.1, 0.15) is 18.5 Å². The molecule has 0 bridgehead atoms. The Labute approximate surface area is 99.5 Å². The summed E-state index contributed by atoms with van der Waals surface area (Å²) in [5.41, 5.74) is 1.16. The first-order valence-corrected chi connectivity index (χ1v) is 5.64. The fourth-order valence-electron chi connectivity index (χ4n) is 1.40. The van der Waals surface area contributed by atoms with E-state index in [-0.39, 0.29) is 6.04 Å². The molecule has 0 saturated heterocycles. The van der Waals surface area contributed by atoms with Crippen LogP contribution in [0.15, 0.2) is 35.3 Å². The van der Waals surface area contributed by atoms with Crippen LogP contribution in [0.25, 0.3) is 0 Å². The van der Waals surface area contributed by atoms with Gasteiger partial charge in [-0.15, -0.1) is 0 Å². The van der Waals surface area contributed by atoms with Gasteiger partial charge in [0, 0.05) is 22.6 Å². The second kappa shape index (κ2) is 5.93. The Morgan fingerprint density at radius 1 is 1.53 bits per heavy atom. The molecule has 1 N–H and O–H groups in total. The summed E-state index contributed by atoms with van der Waals surface area (Å²) < 4.78 is 6.25. The number of hydrogen-bond acceptors (Lipinski definition) is 2. The molecule has 0 radical (unpaired) electrons. The lowest BCUT2D eigenvalue weighted by atomic mass is 10.1. The number of halogens is 1. The summed E-state index contributed by atoms with van der Waals surface area (Å²) >= 11 is 3.32. The van der Waals surface area contributed by atoms with Gasteiger partial charge in [0.2, 0.25) is 0 Å². The second-order valence-corrected chi connectivity index (χ2v) is 4.48. The molecule has 15 heavy (non-hydrogen) atoms. The van der Waals surface area contributed by atoms with Crippen molar-refractivity contribution in [1.29, 1.82) is 0 Å². The molecule has 0 amide bonds. The highest BCUT2D eigenvalue weighted by molar-refractivity contribution is 9.11. The van der Waals surface area contributed by atoms with E-state index in [0.29, 0.717) is 0 Å². The van der Waals surface area contributed by atoms with Gasteiger partial charge in [0.1, 0.15) is 5.75 Å². The van der Waals surface area contributed by atoms with Gasteiger partial charge in [0.05, 0.1) is 7.11 Å². The number of benzene rings is 1. The zero-order valence-corrected chi connectivity index (χ0v) is 10.7. The van der Waals surface area contributed by atoms with Crippen molar-refractivity contribution in [1.82, 2.24) is 5.32 Å². The quantitative estimate of drug-likeness (QED) is 0.886. The Morgan fingerprint density at radius 2 is 2.20 bits per heavy atom. The van der Waals surface area contributed by atoms with Gasteiger partial charge in [-0.25, -0.2) is 0 Å². The Morgan fingerprint density at radius 3 is 2.80 bits per heavy atom. The molecule has 1 atom stereocenters. The van der Waals surface area contributed by atoms with E-state index in [1.807, 2.05) is 18.2 Å². The molecule has 1 aromatic rings. The van der Waals surface area contributed by atoms with Crippen molar-refractivity contribution in [2.24, 2.45) is 0 Å². The van der Waals surface area contributed by atoms with Crippen molar-refractivity contribution < 1.29 is 4.74 Å². The zero-order valence-electron chi connectivity index (χ0n) is 9.09. The van der Waals surface area contributed by atoms with Crippen molar-refractivity contribution in [2.45, 2.75) is 13.0 Å². The summed E-state index contributed by atoms with van der Waals surface area (Å²) in [4.78, 5) is 0. The smallest absolute Gasteiger partial charge is 0.123 e. The van der Waals surface area contributed by atoms with E-state index in [1.54, 1.807) is 7.11 Å². The summed E-state index contributed by atoms with van der Waals surface area (Å²) in [7, 11) is 1.69. The van der Waals surface area contributed by atoms with Crippen molar-refractivity contribution in [3.63, 3.8) is 0 Å². The molecule has 0 aliphatic rings. The summed E-state index contributed by atoms with van der Waals surface area (Å²) in [6, 6.07) is 8.26. The van der Waals surface area contributed by atoms with Crippen LogP contribution < -0.4 is 10.1 Å². The van der Waals surface area contributed by atoms with Crippen molar-refractivity contribution in [3.8, 4) is 5.75 Å². The summed E-state index contributed by atoms with van der Waals surface area (Å²) in [6.45, 7) is 6.64. The maximum absolute atomic E-state index is 5.30. The van der Waals surface area contributed by atoms with Gasteiger partial charge in [-0.05, 0) is 13.0 Å². The molecule has 0 unspecified atom stereocenters. The lowest BCUT2D eigenvalue weighted by molar-refractivity contribution is 0.403. The predicted octanol–water partition coefficient (Wildman–Crippen LogP) is 3.25. The molecule has 1 aromatic carbocycles. The highest BCUT2D eigenvalue weighted by Crippen LogP contribution is 2.24. The van der Waals surface area contributed by atoms with Gasteiger partial charge in [-0.2, -0.15) is 0 Å². The van der Waals surface area contributed by atoms with Gasteiger partial charge in [-0.1, -0.05) is 40.7 Å². The number of hydrogen-bond donors (Lipinski definition) is 1. The van der Waals surface area contributed by atoms with Crippen LogP contribution in [0.4, 0.5) is 0 Å². The third-order valence-corrected chi connectivity index (χ3v) is 2.49. The number of rotatable bonds is 5. The van der Waals surface area contributed by atoms with Crippen LogP contribution in [-0.4, -0.2) is 13.7 Å². The van der Waals surface area contributed by atoms with E-state index in [1.165, 1.54) is 0 Å². The third kappa shape index (κ3) is 3.68. The summed E-state index contributed by atoms with van der Waals surface area (Å²) in [5, 5.41) is 3.35. The summed E-state index contributed by atoms with van der Waals surface area (Å²) in [5.74, 6) is 0.915. The number of ether oxygens (including phenoxy) is 1. The Balaban J connectivity index is 2.72. The number of para-hydroxylation sites is 1. The summed E-state index contributed by atoms with van der Waals surface area (Å²) in [6.07, 6.45) is 0. The monoisotopic (exact) mass is 269 g/mol. The van der Waals surface area contributed by atoms with Crippen LogP contribution in [-0.2, 0) is 0 Å².